The van der Waals surface area contributed by atoms with Crippen LogP contribution < -0.4 is 0 Å². The molecule has 0 aliphatic carbocycles. The van der Waals surface area contributed by atoms with Crippen molar-refractivity contribution in [3.63, 3.8) is 0 Å². The fraction of sp³-hybridized carbons (Fsp3) is 0.294. The van der Waals surface area contributed by atoms with Crippen molar-refractivity contribution in [3.8, 4) is 0 Å². The molecule has 0 N–H and O–H groups in total. The number of hydrogen-bond donors (Lipinski definition) is 0. The van der Waals surface area contributed by atoms with Crippen LogP contribution in [0.15, 0.2) is 36.4 Å². The topological polar surface area (TPSA) is 48.3 Å². The van der Waals surface area contributed by atoms with E-state index in [0.717, 1.165) is 25.1 Å². The quantitative estimate of drug-likeness (QED) is 0.643. The molecule has 1 aromatic heterocycles. The van der Waals surface area contributed by atoms with E-state index in [2.05, 4.69) is 0 Å². The van der Waals surface area contributed by atoms with Gasteiger partial charge in [-0.15, -0.1) is 0 Å². The molecule has 0 bridgehead atoms. The van der Waals surface area contributed by atoms with Crippen molar-refractivity contribution in [2.45, 2.75) is 25.3 Å². The van der Waals surface area contributed by atoms with Crippen LogP contribution in [0.3, 0.4) is 0 Å². The van der Waals surface area contributed by atoms with E-state index in [9.17, 15) is 9.59 Å². The van der Waals surface area contributed by atoms with Crippen molar-refractivity contribution in [2.24, 2.45) is 0 Å². The molecule has 0 saturated carbocycles. The molecular weight excluding hydrogens is 302 g/mol. The number of carbonyl (C=O) groups is 2. The lowest BCUT2D eigenvalue weighted by Crippen LogP contribution is -2.24. The summed E-state index contributed by atoms with van der Waals surface area (Å²) in [6, 6.07) is 10.5. The van der Waals surface area contributed by atoms with Crippen LogP contribution in [0.4, 0.5) is 0 Å². The zero-order valence-electron chi connectivity index (χ0n) is 12.2. The Morgan fingerprint density at radius 2 is 2.09 bits per heavy atom. The molecule has 1 unspecified atom stereocenters. The van der Waals surface area contributed by atoms with Crippen molar-refractivity contribution in [3.05, 3.63) is 58.4 Å². The Morgan fingerprint density at radius 3 is 2.82 bits per heavy atom. The van der Waals surface area contributed by atoms with Crippen LogP contribution in [0.25, 0.3) is 0 Å². The highest BCUT2D eigenvalue weighted by atomic mass is 35.5. The lowest BCUT2D eigenvalue weighted by Gasteiger charge is -2.24. The van der Waals surface area contributed by atoms with Crippen LogP contribution in [0.1, 0.15) is 40.5 Å². The maximum absolute atomic E-state index is 12.7. The molecule has 0 spiro atoms. The third kappa shape index (κ3) is 2.55. The minimum absolute atomic E-state index is 0.0840. The van der Waals surface area contributed by atoms with Crippen molar-refractivity contribution in [1.82, 2.24) is 4.57 Å². The Hall–Kier alpha value is -2.07. The highest BCUT2D eigenvalue weighted by Crippen LogP contribution is 2.31. The third-order valence-electron chi connectivity index (χ3n) is 4.05. The lowest BCUT2D eigenvalue weighted by atomic mass is 9.96. The molecule has 0 amide bonds. The van der Waals surface area contributed by atoms with Crippen LogP contribution in [0.2, 0.25) is 5.02 Å². The van der Waals surface area contributed by atoms with Gasteiger partial charge < -0.3 is 9.30 Å². The number of nitrogens with zero attached hydrogens (tertiary/aromatic N) is 1. The number of benzene rings is 1. The average molecular weight is 318 g/mol. The number of methoxy groups -OCH3 is 1. The van der Waals surface area contributed by atoms with Gasteiger partial charge in [-0.05, 0) is 37.1 Å². The molecule has 1 atom stereocenters. The second kappa shape index (κ2) is 5.97. The summed E-state index contributed by atoms with van der Waals surface area (Å²) in [6.45, 7) is 0.734. The van der Waals surface area contributed by atoms with Gasteiger partial charge in [-0.1, -0.05) is 23.7 Å². The van der Waals surface area contributed by atoms with Crippen LogP contribution in [-0.2, 0) is 16.1 Å². The average Bonchev–Trinajstić information content (AvgIpc) is 2.97. The first-order chi connectivity index (χ1) is 10.6. The van der Waals surface area contributed by atoms with Crippen LogP contribution in [0, 0.1) is 0 Å². The lowest BCUT2D eigenvalue weighted by molar-refractivity contribution is -0.143. The molecule has 4 nitrogen and oxygen atoms in total. The molecule has 0 saturated heterocycles. The van der Waals surface area contributed by atoms with Gasteiger partial charge in [0.05, 0.1) is 18.7 Å². The fourth-order valence-electron chi connectivity index (χ4n) is 3.00. The smallest absolute Gasteiger partial charge is 0.314 e. The number of carbonyl (C=O) groups excluding carboxylic acids is 2. The number of aromatic nitrogens is 1. The minimum Gasteiger partial charge on any atom is -0.469 e. The summed E-state index contributed by atoms with van der Waals surface area (Å²) in [5.74, 6) is -0.625. The van der Waals surface area contributed by atoms with E-state index in [1.807, 2.05) is 10.6 Å². The minimum atomic E-state index is -0.292. The zero-order valence-corrected chi connectivity index (χ0v) is 13.0. The number of hydrogen-bond acceptors (Lipinski definition) is 3. The highest BCUT2D eigenvalue weighted by molar-refractivity contribution is 6.31. The molecule has 2 heterocycles. The molecule has 1 aromatic carbocycles. The predicted molar refractivity (Wildman–Crippen MR) is 83.3 cm³/mol. The zero-order chi connectivity index (χ0) is 15.7. The first kappa shape index (κ1) is 14.9. The van der Waals surface area contributed by atoms with E-state index in [1.165, 1.54) is 7.11 Å². The fourth-order valence-corrected chi connectivity index (χ4v) is 3.19. The summed E-state index contributed by atoms with van der Waals surface area (Å²) in [5, 5.41) is 0.531. The monoisotopic (exact) mass is 317 g/mol. The van der Waals surface area contributed by atoms with E-state index < -0.39 is 0 Å². The normalized spacial score (nSPS) is 16.9. The summed E-state index contributed by atoms with van der Waals surface area (Å²) in [7, 11) is 1.39. The summed E-state index contributed by atoms with van der Waals surface area (Å²) < 4.78 is 6.79. The van der Waals surface area contributed by atoms with Gasteiger partial charge in [0.1, 0.15) is 0 Å². The molecule has 5 heteroatoms. The molecule has 3 rings (SSSR count). The number of ether oxygens (including phenoxy) is 1. The molecular formula is C17H16ClNO3. The highest BCUT2D eigenvalue weighted by Gasteiger charge is 2.30. The van der Waals surface area contributed by atoms with Gasteiger partial charge in [-0.3, -0.25) is 9.59 Å². The first-order valence-electron chi connectivity index (χ1n) is 7.19. The number of fused-ring (bicyclic) bond motifs is 1. The Balaban J connectivity index is 1.99. The first-order valence-corrected chi connectivity index (χ1v) is 7.57. The Morgan fingerprint density at radius 1 is 1.27 bits per heavy atom. The van der Waals surface area contributed by atoms with Gasteiger partial charge in [-0.2, -0.15) is 0 Å². The van der Waals surface area contributed by atoms with Crippen molar-refractivity contribution in [1.29, 1.82) is 0 Å². The SMILES string of the molecule is COC(=O)C1CCCn2c(C(=O)c3cccc(Cl)c3)ccc21. The van der Waals surface area contributed by atoms with Gasteiger partial charge in [0.25, 0.3) is 0 Å². The Bertz CT molecular complexity index is 735. The molecule has 114 valence electrons. The maximum Gasteiger partial charge on any atom is 0.314 e. The number of ketones is 1. The largest absolute Gasteiger partial charge is 0.469 e. The molecule has 0 fully saturated rings. The van der Waals surface area contributed by atoms with Crippen LogP contribution >= 0.6 is 11.6 Å². The van der Waals surface area contributed by atoms with Crippen LogP contribution in [-0.4, -0.2) is 23.4 Å². The third-order valence-corrected chi connectivity index (χ3v) is 4.29. The molecule has 2 aromatic rings. The summed E-state index contributed by atoms with van der Waals surface area (Å²) in [5.41, 5.74) is 1.99. The molecule has 1 aliphatic heterocycles. The van der Waals surface area contributed by atoms with E-state index in [4.69, 9.17) is 16.3 Å². The van der Waals surface area contributed by atoms with Crippen molar-refractivity contribution in [2.75, 3.05) is 7.11 Å². The summed E-state index contributed by atoms with van der Waals surface area (Å²) in [6.07, 6.45) is 1.60. The molecule has 0 radical (unpaired) electrons. The Kier molecular flexibility index (Phi) is 4.03. The van der Waals surface area contributed by atoms with Crippen LogP contribution in [0.5, 0.6) is 0 Å². The predicted octanol–water partition coefficient (Wildman–Crippen LogP) is 3.42. The second-order valence-corrected chi connectivity index (χ2v) is 5.79. The van der Waals surface area contributed by atoms with Gasteiger partial charge in [0.2, 0.25) is 5.78 Å². The van der Waals surface area contributed by atoms with Gasteiger partial charge in [-0.25, -0.2) is 0 Å². The van der Waals surface area contributed by atoms with Gasteiger partial charge >= 0.3 is 5.97 Å². The number of esters is 1. The molecule has 22 heavy (non-hydrogen) atoms. The second-order valence-electron chi connectivity index (χ2n) is 5.35. The Labute approximate surface area is 133 Å². The molecule has 1 aliphatic rings. The summed E-state index contributed by atoms with van der Waals surface area (Å²) in [4.78, 5) is 24.6. The standard InChI is InChI=1S/C17H16ClNO3/c1-22-17(21)13-6-3-9-19-14(13)7-8-15(19)16(20)11-4-2-5-12(18)10-11/h2,4-5,7-8,10,13H,3,6,9H2,1H3. The van der Waals surface area contributed by atoms with E-state index in [1.54, 1.807) is 30.3 Å². The maximum atomic E-state index is 12.7. The van der Waals surface area contributed by atoms with Gasteiger partial charge in [0, 0.05) is 22.8 Å². The van der Waals surface area contributed by atoms with E-state index in [-0.39, 0.29) is 17.7 Å². The summed E-state index contributed by atoms with van der Waals surface area (Å²) >= 11 is 5.96. The van der Waals surface area contributed by atoms with E-state index in [0.29, 0.717) is 16.3 Å². The van der Waals surface area contributed by atoms with Crippen molar-refractivity contribution >= 4 is 23.4 Å². The van der Waals surface area contributed by atoms with Crippen molar-refractivity contribution < 1.29 is 14.3 Å². The number of rotatable bonds is 3. The van der Waals surface area contributed by atoms with E-state index >= 15 is 0 Å². The number of halogens is 1. The van der Waals surface area contributed by atoms with Gasteiger partial charge in [0.15, 0.2) is 0 Å².